The highest BCUT2D eigenvalue weighted by Crippen LogP contribution is 2.35. The molecule has 0 spiro atoms. The van der Waals surface area contributed by atoms with Crippen molar-refractivity contribution in [2.45, 2.75) is 39.2 Å². The van der Waals surface area contributed by atoms with Crippen LogP contribution in [-0.4, -0.2) is 38.7 Å². The third-order valence-electron chi connectivity index (χ3n) is 4.64. The summed E-state index contributed by atoms with van der Waals surface area (Å²) in [6.45, 7) is 6.85. The lowest BCUT2D eigenvalue weighted by molar-refractivity contribution is 0.112. The predicted octanol–water partition coefficient (Wildman–Crippen LogP) is 3.30. The van der Waals surface area contributed by atoms with Crippen LogP contribution in [0.3, 0.4) is 0 Å². The summed E-state index contributed by atoms with van der Waals surface area (Å²) in [6.07, 6.45) is 5.25. The molecule has 1 aromatic rings. The Morgan fingerprint density at radius 3 is 2.71 bits per heavy atom. The van der Waals surface area contributed by atoms with Crippen LogP contribution in [0.2, 0.25) is 0 Å². The molecular formula is C18H30N2O. The average Bonchev–Trinajstić information content (AvgIpc) is 2.48. The largest absolute Gasteiger partial charge is 0.497 e. The number of benzene rings is 1. The smallest absolute Gasteiger partial charge is 0.119 e. The van der Waals surface area contributed by atoms with E-state index in [1.807, 2.05) is 6.07 Å². The molecule has 1 heterocycles. The van der Waals surface area contributed by atoms with Gasteiger partial charge in [-0.2, -0.15) is 0 Å². The molecular weight excluding hydrogens is 260 g/mol. The molecule has 0 aliphatic carbocycles. The first-order valence-electron chi connectivity index (χ1n) is 8.20. The highest BCUT2D eigenvalue weighted by molar-refractivity contribution is 5.28. The molecule has 1 aliphatic rings. The molecule has 118 valence electrons. The molecule has 0 unspecified atom stereocenters. The fraction of sp³-hybridized carbons (Fsp3) is 0.667. The fourth-order valence-electron chi connectivity index (χ4n) is 3.69. The monoisotopic (exact) mass is 290 g/mol. The Balaban J connectivity index is 1.96. The summed E-state index contributed by atoms with van der Waals surface area (Å²) in [5.41, 5.74) is 1.84. The highest BCUT2D eigenvalue weighted by atomic mass is 16.5. The summed E-state index contributed by atoms with van der Waals surface area (Å²) in [7, 11) is 3.98. The zero-order chi connectivity index (χ0) is 15.1. The van der Waals surface area contributed by atoms with Crippen molar-refractivity contribution in [3.63, 3.8) is 0 Å². The maximum absolute atomic E-state index is 5.32. The Hall–Kier alpha value is -1.06. The average molecular weight is 290 g/mol. The van der Waals surface area contributed by atoms with Gasteiger partial charge in [-0.1, -0.05) is 25.5 Å². The van der Waals surface area contributed by atoms with Crippen LogP contribution in [0.25, 0.3) is 0 Å². The van der Waals surface area contributed by atoms with Gasteiger partial charge in [0.25, 0.3) is 0 Å². The zero-order valence-corrected chi connectivity index (χ0v) is 13.8. The van der Waals surface area contributed by atoms with Crippen molar-refractivity contribution < 1.29 is 4.74 Å². The van der Waals surface area contributed by atoms with E-state index in [4.69, 9.17) is 4.74 Å². The third kappa shape index (κ3) is 4.72. The summed E-state index contributed by atoms with van der Waals surface area (Å²) >= 11 is 0. The van der Waals surface area contributed by atoms with Gasteiger partial charge >= 0.3 is 0 Å². The van der Waals surface area contributed by atoms with Gasteiger partial charge in [0, 0.05) is 13.1 Å². The van der Waals surface area contributed by atoms with Gasteiger partial charge in [0.05, 0.1) is 7.11 Å². The van der Waals surface area contributed by atoms with Crippen LogP contribution in [-0.2, 0) is 6.54 Å². The molecule has 1 aliphatic heterocycles. The number of methoxy groups -OCH3 is 1. The molecule has 0 aromatic heterocycles. The van der Waals surface area contributed by atoms with E-state index in [1.54, 1.807) is 7.11 Å². The lowest BCUT2D eigenvalue weighted by Gasteiger charge is -2.40. The molecule has 3 heteroatoms. The number of nitrogens with zero attached hydrogens (tertiary/aromatic N) is 1. The van der Waals surface area contributed by atoms with Crippen molar-refractivity contribution in [1.29, 1.82) is 0 Å². The molecule has 3 nitrogen and oxygen atoms in total. The van der Waals surface area contributed by atoms with Gasteiger partial charge in [-0.25, -0.2) is 0 Å². The van der Waals surface area contributed by atoms with Crippen LogP contribution in [0, 0.1) is 5.41 Å². The van der Waals surface area contributed by atoms with Gasteiger partial charge in [0.1, 0.15) is 5.75 Å². The Kier molecular flexibility index (Phi) is 6.07. The second kappa shape index (κ2) is 7.81. The van der Waals surface area contributed by atoms with Gasteiger partial charge in [-0.05, 0) is 62.5 Å². The Labute approximate surface area is 129 Å². The second-order valence-electron chi connectivity index (χ2n) is 6.52. The molecule has 0 atom stereocenters. The van der Waals surface area contributed by atoms with E-state index in [9.17, 15) is 0 Å². The van der Waals surface area contributed by atoms with Crippen LogP contribution < -0.4 is 10.1 Å². The van der Waals surface area contributed by atoms with Crippen molar-refractivity contribution in [2.24, 2.45) is 5.41 Å². The number of nitrogens with one attached hydrogen (secondary N) is 1. The first-order chi connectivity index (χ1) is 10.2. The van der Waals surface area contributed by atoms with Gasteiger partial charge in [-0.15, -0.1) is 0 Å². The molecule has 0 bridgehead atoms. The van der Waals surface area contributed by atoms with Gasteiger partial charge < -0.3 is 15.0 Å². The number of hydrogen-bond donors (Lipinski definition) is 1. The van der Waals surface area contributed by atoms with E-state index in [0.29, 0.717) is 5.41 Å². The lowest BCUT2D eigenvalue weighted by Crippen LogP contribution is -2.43. The van der Waals surface area contributed by atoms with E-state index in [-0.39, 0.29) is 0 Å². The molecule has 1 fully saturated rings. The van der Waals surface area contributed by atoms with Crippen molar-refractivity contribution in [3.8, 4) is 5.75 Å². The van der Waals surface area contributed by atoms with Crippen LogP contribution in [0.15, 0.2) is 24.3 Å². The van der Waals surface area contributed by atoms with E-state index in [0.717, 1.165) is 12.3 Å². The standard InChI is InChI=1S/C18H30N2O/c1-4-8-18(9-11-19-12-10-18)15-20(2)14-16-6-5-7-17(13-16)21-3/h5-7,13,19H,4,8-12,14-15H2,1-3H3. The summed E-state index contributed by atoms with van der Waals surface area (Å²) in [5.74, 6) is 0.950. The van der Waals surface area contributed by atoms with Crippen LogP contribution in [0.1, 0.15) is 38.2 Å². The molecule has 2 rings (SSSR count). The maximum atomic E-state index is 5.32. The number of ether oxygens (including phenoxy) is 1. The third-order valence-corrected chi connectivity index (χ3v) is 4.64. The predicted molar refractivity (Wildman–Crippen MR) is 88.8 cm³/mol. The van der Waals surface area contributed by atoms with E-state index >= 15 is 0 Å². The van der Waals surface area contributed by atoms with Crippen LogP contribution in [0.5, 0.6) is 5.75 Å². The second-order valence-corrected chi connectivity index (χ2v) is 6.52. The first-order valence-corrected chi connectivity index (χ1v) is 8.20. The molecule has 1 saturated heterocycles. The topological polar surface area (TPSA) is 24.5 Å². The highest BCUT2D eigenvalue weighted by Gasteiger charge is 2.32. The minimum absolute atomic E-state index is 0.508. The number of hydrogen-bond acceptors (Lipinski definition) is 3. The first kappa shape index (κ1) is 16.3. The fourth-order valence-corrected chi connectivity index (χ4v) is 3.69. The van der Waals surface area contributed by atoms with Crippen molar-refractivity contribution >= 4 is 0 Å². The normalized spacial score (nSPS) is 17.9. The quantitative estimate of drug-likeness (QED) is 0.834. The summed E-state index contributed by atoms with van der Waals surface area (Å²) in [6, 6.07) is 8.42. The van der Waals surface area contributed by atoms with Crippen LogP contribution in [0.4, 0.5) is 0 Å². The number of rotatable bonds is 7. The maximum Gasteiger partial charge on any atom is 0.119 e. The van der Waals surface area contributed by atoms with Crippen LogP contribution >= 0.6 is 0 Å². The van der Waals surface area contributed by atoms with E-state index < -0.39 is 0 Å². The van der Waals surface area contributed by atoms with Gasteiger partial charge in [0.15, 0.2) is 0 Å². The van der Waals surface area contributed by atoms with Gasteiger partial charge in [-0.3, -0.25) is 0 Å². The van der Waals surface area contributed by atoms with Gasteiger partial charge in [0.2, 0.25) is 0 Å². The molecule has 1 aromatic carbocycles. The van der Waals surface area contributed by atoms with Crippen molar-refractivity contribution in [1.82, 2.24) is 10.2 Å². The molecule has 21 heavy (non-hydrogen) atoms. The summed E-state index contributed by atoms with van der Waals surface area (Å²) in [4.78, 5) is 2.48. The minimum Gasteiger partial charge on any atom is -0.497 e. The summed E-state index contributed by atoms with van der Waals surface area (Å²) in [5, 5.41) is 3.50. The minimum atomic E-state index is 0.508. The lowest BCUT2D eigenvalue weighted by atomic mass is 9.75. The molecule has 0 radical (unpaired) electrons. The number of piperidine rings is 1. The zero-order valence-electron chi connectivity index (χ0n) is 13.8. The molecule has 0 saturated carbocycles. The van der Waals surface area contributed by atoms with E-state index in [1.165, 1.54) is 50.9 Å². The Bertz CT molecular complexity index is 421. The summed E-state index contributed by atoms with van der Waals surface area (Å²) < 4.78 is 5.32. The SMILES string of the molecule is CCCC1(CN(C)Cc2cccc(OC)c2)CCNCC1. The van der Waals surface area contributed by atoms with Crippen molar-refractivity contribution in [3.05, 3.63) is 29.8 Å². The molecule has 0 amide bonds. The molecule has 1 N–H and O–H groups in total. The van der Waals surface area contributed by atoms with E-state index in [2.05, 4.69) is 42.4 Å². The Morgan fingerprint density at radius 2 is 2.05 bits per heavy atom. The van der Waals surface area contributed by atoms with Crippen molar-refractivity contribution in [2.75, 3.05) is 33.8 Å². The Morgan fingerprint density at radius 1 is 1.29 bits per heavy atom.